The number of nitrogens with one attached hydrogen (secondary N) is 6. The van der Waals surface area contributed by atoms with Gasteiger partial charge in [-0.2, -0.15) is 0 Å². The minimum absolute atomic E-state index is 0.0227. The second kappa shape index (κ2) is 34.8. The molecule has 44 heavy (non-hydrogen) atoms. The number of ketones is 1. The maximum atomic E-state index is 10.9. The Kier molecular flexibility index (Phi) is 39.0. The second-order valence-electron chi connectivity index (χ2n) is 8.92. The molecule has 254 valence electrons. The molecule has 0 atom stereocenters. The van der Waals surface area contributed by atoms with Gasteiger partial charge in [-0.15, -0.1) is 0 Å². The largest absolute Gasteiger partial charge is 0.355 e. The van der Waals surface area contributed by atoms with Crippen molar-refractivity contribution in [2.45, 2.75) is 55.4 Å². The van der Waals surface area contributed by atoms with Gasteiger partial charge in [-0.25, -0.2) is 0 Å². The van der Waals surface area contributed by atoms with Crippen LogP contribution in [0.25, 0.3) is 0 Å². The van der Waals surface area contributed by atoms with E-state index in [0.717, 1.165) is 0 Å². The zero-order valence-corrected chi connectivity index (χ0v) is 27.8. The third-order valence-corrected chi connectivity index (χ3v) is 3.98. The lowest BCUT2D eigenvalue weighted by Gasteiger charge is -2.04. The Morgan fingerprint density at radius 2 is 0.614 bits per heavy atom. The van der Waals surface area contributed by atoms with Crippen LogP contribution in [-0.2, 0) is 33.6 Å². The summed E-state index contributed by atoms with van der Waals surface area (Å²) in [5.74, 6) is -0.536. The van der Waals surface area contributed by atoms with E-state index in [0.29, 0.717) is 69.1 Å². The zero-order chi connectivity index (χ0) is 35.7. The Labute approximate surface area is 262 Å². The predicted octanol–water partition coefficient (Wildman–Crippen LogP) is -1.06. The van der Waals surface area contributed by atoms with Crippen molar-refractivity contribution in [3.8, 4) is 0 Å². The van der Waals surface area contributed by atoms with Crippen LogP contribution in [0, 0.1) is 0 Å². The Balaban J connectivity index is -0.000000149. The van der Waals surface area contributed by atoms with Gasteiger partial charge < -0.3 is 43.4 Å². The first-order valence-corrected chi connectivity index (χ1v) is 13.7. The lowest BCUT2D eigenvalue weighted by atomic mass is 10.3. The normalized spacial score (nSPS) is 8.50. The van der Waals surface area contributed by atoms with Crippen molar-refractivity contribution >= 4 is 41.2 Å². The molecule has 0 fully saturated rings. The molecule has 0 spiro atoms. The quantitative estimate of drug-likeness (QED) is 0.0914. The molecule has 0 rings (SSSR count). The van der Waals surface area contributed by atoms with Gasteiger partial charge in [0.05, 0.1) is 0 Å². The molecule has 0 heterocycles. The molecule has 0 saturated heterocycles. The average molecular weight is 629 g/mol. The van der Waals surface area contributed by atoms with E-state index < -0.39 is 0 Å². The van der Waals surface area contributed by atoms with Crippen LogP contribution in [0.5, 0.6) is 0 Å². The van der Waals surface area contributed by atoms with E-state index in [1.807, 2.05) is 0 Å². The molecular weight excluding hydrogens is 572 g/mol. The third kappa shape index (κ3) is 57.5. The molecule has 0 bridgehead atoms. The Bertz CT molecular complexity index is 861. The third-order valence-electron chi connectivity index (χ3n) is 3.98. The highest BCUT2D eigenvalue weighted by Crippen LogP contribution is 1.85. The van der Waals surface area contributed by atoms with E-state index in [1.165, 1.54) is 34.6 Å². The van der Waals surface area contributed by atoms with Crippen LogP contribution in [-0.4, -0.2) is 93.6 Å². The van der Waals surface area contributed by atoms with Gasteiger partial charge in [0.25, 0.3) is 0 Å². The number of hydrogen-bond donors (Lipinski definition) is 8. The highest BCUT2D eigenvalue weighted by atomic mass is 16.2. The average Bonchev–Trinajstić information content (AvgIpc) is 2.91. The van der Waals surface area contributed by atoms with Crippen LogP contribution in [0.1, 0.15) is 55.4 Å². The summed E-state index contributed by atoms with van der Waals surface area (Å²) in [6.07, 6.45) is 0. The molecule has 0 aliphatic rings. The van der Waals surface area contributed by atoms with Crippen molar-refractivity contribution in [3.63, 3.8) is 0 Å². The summed E-state index contributed by atoms with van der Waals surface area (Å²) in [5.41, 5.74) is 11.7. The molecule has 6 amide bonds. The van der Waals surface area contributed by atoms with E-state index >= 15 is 0 Å². The van der Waals surface area contributed by atoms with Gasteiger partial charge in [-0.05, 0) is 33.3 Å². The fourth-order valence-electron chi connectivity index (χ4n) is 1.63. The molecule has 0 aliphatic carbocycles. The minimum Gasteiger partial charge on any atom is -0.355 e. The summed E-state index contributed by atoms with van der Waals surface area (Å²) in [6, 6.07) is 0. The van der Waals surface area contributed by atoms with Gasteiger partial charge in [0.1, 0.15) is 0 Å². The van der Waals surface area contributed by atoms with Gasteiger partial charge >= 0.3 is 0 Å². The molecule has 15 heteroatoms. The molecule has 15 nitrogen and oxygen atoms in total. The standard InChI is InChI=1S/2C8H14N2O2.C5H8O.2C4H10N2O/c2*1-6(2)8(12)10-5-4-9-7(3)11;1-4(2)5(3)6;2*1-4(7)6-3-2-5/h2*1,4-5H2,2-3H3,(H,9,11)(H,10,12);1H2,2-3H3;2*2-3,5H2,1H3,(H,6,7). The molecule has 0 aromatic rings. The van der Waals surface area contributed by atoms with Crippen molar-refractivity contribution < 1.29 is 33.6 Å². The lowest BCUT2D eigenvalue weighted by Crippen LogP contribution is -2.33. The minimum atomic E-state index is -0.180. The molecule has 0 saturated carbocycles. The highest BCUT2D eigenvalue weighted by molar-refractivity contribution is 5.92. The molecular formula is C29H56N8O7. The van der Waals surface area contributed by atoms with Gasteiger partial charge in [0, 0.05) is 91.2 Å². The maximum absolute atomic E-state index is 10.9. The summed E-state index contributed by atoms with van der Waals surface area (Å²) in [7, 11) is 0. The summed E-state index contributed by atoms with van der Waals surface area (Å²) in [6.45, 7) is 26.6. The van der Waals surface area contributed by atoms with Crippen molar-refractivity contribution in [1.82, 2.24) is 31.9 Å². The van der Waals surface area contributed by atoms with Crippen LogP contribution in [0.15, 0.2) is 36.5 Å². The van der Waals surface area contributed by atoms with E-state index in [9.17, 15) is 33.6 Å². The van der Waals surface area contributed by atoms with E-state index in [-0.39, 0.29) is 41.2 Å². The Morgan fingerprint density at radius 3 is 0.750 bits per heavy atom. The van der Waals surface area contributed by atoms with Gasteiger partial charge in [-0.1, -0.05) is 19.7 Å². The van der Waals surface area contributed by atoms with Crippen LogP contribution in [0.3, 0.4) is 0 Å². The van der Waals surface area contributed by atoms with Crippen molar-refractivity contribution in [2.24, 2.45) is 11.5 Å². The number of rotatable bonds is 13. The highest BCUT2D eigenvalue weighted by Gasteiger charge is 2.00. The van der Waals surface area contributed by atoms with Crippen molar-refractivity contribution in [1.29, 1.82) is 0 Å². The number of amides is 6. The van der Waals surface area contributed by atoms with Gasteiger partial charge in [-0.3, -0.25) is 33.6 Å². The second-order valence-corrected chi connectivity index (χ2v) is 8.92. The number of carbonyl (C=O) groups is 7. The first-order valence-electron chi connectivity index (χ1n) is 13.7. The molecule has 0 radical (unpaired) electrons. The molecule has 0 unspecified atom stereocenters. The van der Waals surface area contributed by atoms with Crippen LogP contribution >= 0.6 is 0 Å². The van der Waals surface area contributed by atoms with E-state index in [1.54, 1.807) is 20.8 Å². The summed E-state index contributed by atoms with van der Waals surface area (Å²) < 4.78 is 0. The van der Waals surface area contributed by atoms with E-state index in [4.69, 9.17) is 11.5 Å². The number of allylic oxidation sites excluding steroid dienone is 1. The summed E-state index contributed by atoms with van der Waals surface area (Å²) in [5, 5.41) is 15.3. The zero-order valence-electron chi connectivity index (χ0n) is 27.8. The number of carbonyl (C=O) groups excluding carboxylic acids is 7. The smallest absolute Gasteiger partial charge is 0.246 e. The van der Waals surface area contributed by atoms with E-state index in [2.05, 4.69) is 51.6 Å². The first kappa shape index (κ1) is 49.3. The monoisotopic (exact) mass is 628 g/mol. The van der Waals surface area contributed by atoms with Crippen molar-refractivity contribution in [2.75, 3.05) is 52.4 Å². The molecule has 0 aliphatic heterocycles. The van der Waals surface area contributed by atoms with Gasteiger partial charge in [0.2, 0.25) is 35.4 Å². The summed E-state index contributed by atoms with van der Waals surface area (Å²) >= 11 is 0. The number of Topliss-reactive ketones (excluding diaryl/α,β-unsaturated/α-hetero) is 1. The fraction of sp³-hybridized carbons (Fsp3) is 0.552. The Hall–Kier alpha value is -4.37. The molecule has 10 N–H and O–H groups in total. The first-order chi connectivity index (χ1) is 20.3. The predicted molar refractivity (Wildman–Crippen MR) is 174 cm³/mol. The van der Waals surface area contributed by atoms with Crippen LogP contribution < -0.4 is 43.4 Å². The molecule has 0 aromatic carbocycles. The lowest BCUT2D eigenvalue weighted by molar-refractivity contribution is -0.120. The van der Waals surface area contributed by atoms with Crippen LogP contribution in [0.4, 0.5) is 0 Å². The topological polar surface area (TPSA) is 244 Å². The SMILES string of the molecule is C=C(C)C(=O)NCCNC(C)=O.C=C(C)C(=O)NCCNC(C)=O.C=C(C)C(C)=O.CC(=O)NCCN.CC(=O)NCCN. The fourth-order valence-corrected chi connectivity index (χ4v) is 1.63. The summed E-state index contributed by atoms with van der Waals surface area (Å²) in [4.78, 5) is 72.6. The van der Waals surface area contributed by atoms with Gasteiger partial charge in [0.15, 0.2) is 5.78 Å². The number of nitrogens with two attached hydrogens (primary N) is 2. The molecule has 0 aromatic heterocycles. The van der Waals surface area contributed by atoms with Crippen LogP contribution in [0.2, 0.25) is 0 Å². The maximum Gasteiger partial charge on any atom is 0.246 e. The van der Waals surface area contributed by atoms with Crippen molar-refractivity contribution in [3.05, 3.63) is 36.5 Å². The Morgan fingerprint density at radius 1 is 0.409 bits per heavy atom. The number of hydrogen-bond acceptors (Lipinski definition) is 9.